The molecule has 2 aromatic heterocycles. The zero-order valence-electron chi connectivity index (χ0n) is 30.3. The number of nitrogens with one attached hydrogen (secondary N) is 2. The van der Waals surface area contributed by atoms with Crippen LogP contribution in [0.25, 0.3) is 22.5 Å². The Morgan fingerprint density at radius 1 is 0.759 bits per heavy atom. The number of hydrogen-bond acceptors (Lipinski definition) is 10. The molecule has 0 aliphatic carbocycles. The third-order valence-electron chi connectivity index (χ3n) is 9.05. The molecule has 4 aromatic rings. The van der Waals surface area contributed by atoms with Crippen molar-refractivity contribution in [1.82, 2.24) is 30.2 Å². The maximum absolute atomic E-state index is 12.9. The average molecular weight is 743 g/mol. The van der Waals surface area contributed by atoms with E-state index in [0.29, 0.717) is 60.7 Å². The number of amides is 4. The molecule has 54 heavy (non-hydrogen) atoms. The molecule has 0 radical (unpaired) electrons. The van der Waals surface area contributed by atoms with Crippen LogP contribution in [-0.4, -0.2) is 85.5 Å². The summed E-state index contributed by atoms with van der Waals surface area (Å²) in [6.07, 6.45) is 7.18. The second-order valence-electron chi connectivity index (χ2n) is 13.3. The van der Waals surface area contributed by atoms with Gasteiger partial charge in [-0.15, -0.1) is 0 Å². The Hall–Kier alpha value is -6.03. The number of fused-ring (bicyclic) bond motifs is 8. The Kier molecular flexibility index (Phi) is 13.2. The first-order valence-corrected chi connectivity index (χ1v) is 17.9. The fourth-order valence-corrected chi connectivity index (χ4v) is 6.28. The minimum atomic E-state index is -1.44. The van der Waals surface area contributed by atoms with Crippen molar-refractivity contribution in [2.24, 2.45) is 25.6 Å². The van der Waals surface area contributed by atoms with Gasteiger partial charge >= 0.3 is 0 Å². The highest BCUT2D eigenvalue weighted by Crippen LogP contribution is 2.28. The number of nitrogens with zero attached hydrogens (tertiary/aromatic N) is 4. The second-order valence-corrected chi connectivity index (χ2v) is 13.3. The topological polar surface area (TPSA) is 236 Å². The molecule has 0 saturated carbocycles. The van der Waals surface area contributed by atoms with E-state index in [4.69, 9.17) is 20.9 Å². The molecule has 4 bridgehead atoms. The number of aryl methyl sites for hydroxylation is 2. The lowest BCUT2D eigenvalue weighted by molar-refractivity contribution is -0.137. The van der Waals surface area contributed by atoms with Gasteiger partial charge in [0.25, 0.3) is 17.7 Å². The van der Waals surface area contributed by atoms with Crippen molar-refractivity contribution in [2.45, 2.75) is 69.6 Å². The van der Waals surface area contributed by atoms with E-state index in [1.807, 2.05) is 48.5 Å². The van der Waals surface area contributed by atoms with Gasteiger partial charge in [0.1, 0.15) is 22.9 Å². The van der Waals surface area contributed by atoms with Gasteiger partial charge in [-0.3, -0.25) is 33.3 Å². The standard InChI is InChI=1S/C19H24N4O4.C19H22N4O4/c2*1-23-11-14-16(22-23)12-6-5-7-13(10-12)27-9-4-2-3-8-15(21-19(14)26)17(24)18(20)25/h5-7,10-11,15,17,24H,2-4,8-9H2,1H3,(H2,20,25)(H,21,26);5-7,10-11,15H,2-4,8-9H2,1H3,(H2,20,25)(H,21,26)/t15-,17?;15-/m00/s1. The van der Waals surface area contributed by atoms with Gasteiger partial charge in [0.05, 0.1) is 36.4 Å². The van der Waals surface area contributed by atoms with Gasteiger partial charge in [0.2, 0.25) is 11.7 Å². The van der Waals surface area contributed by atoms with E-state index in [0.717, 1.165) is 49.0 Å². The van der Waals surface area contributed by atoms with Crippen molar-refractivity contribution < 1.29 is 38.6 Å². The van der Waals surface area contributed by atoms with Crippen LogP contribution < -0.4 is 31.6 Å². The van der Waals surface area contributed by atoms with Gasteiger partial charge in [-0.1, -0.05) is 37.1 Å². The summed E-state index contributed by atoms with van der Waals surface area (Å²) in [6, 6.07) is 13.1. The number of aliphatic hydroxyl groups excluding tert-OH is 1. The van der Waals surface area contributed by atoms with Crippen LogP contribution in [0, 0.1) is 0 Å². The monoisotopic (exact) mass is 742 g/mol. The SMILES string of the molecule is Cn1cc2c(n1)-c1cccc(c1)OCCCCC[C@@H](C(=O)C(N)=O)NC2=O.Cn1cc2c(n1)-c1cccc(c1)OCCCCC[C@@H](C(O)C(N)=O)NC2=O. The van der Waals surface area contributed by atoms with E-state index in [-0.39, 0.29) is 0 Å². The number of hydrogen-bond donors (Lipinski definition) is 5. The van der Waals surface area contributed by atoms with Crippen LogP contribution in [0.4, 0.5) is 0 Å². The molecule has 2 aliphatic heterocycles. The Labute approximate surface area is 312 Å². The highest BCUT2D eigenvalue weighted by atomic mass is 16.5. The molecule has 4 heterocycles. The molecular formula is C38H46N8O8. The van der Waals surface area contributed by atoms with Crippen molar-refractivity contribution in [2.75, 3.05) is 13.2 Å². The predicted octanol–water partition coefficient (Wildman–Crippen LogP) is 2.18. The Bertz CT molecular complexity index is 1990. The Balaban J connectivity index is 0.000000208. The fourth-order valence-electron chi connectivity index (χ4n) is 6.28. The van der Waals surface area contributed by atoms with Crippen LogP contribution >= 0.6 is 0 Å². The molecule has 7 N–H and O–H groups in total. The third-order valence-corrected chi connectivity index (χ3v) is 9.05. The molecule has 0 fully saturated rings. The number of carbonyl (C=O) groups excluding carboxylic acids is 5. The molecule has 16 nitrogen and oxygen atoms in total. The van der Waals surface area contributed by atoms with Crippen LogP contribution in [0.3, 0.4) is 0 Å². The quantitative estimate of drug-likeness (QED) is 0.191. The molecule has 0 saturated heterocycles. The maximum Gasteiger partial charge on any atom is 0.287 e. The number of ketones is 1. The molecule has 4 amide bonds. The maximum atomic E-state index is 12.9. The first kappa shape index (κ1) is 39.2. The average Bonchev–Trinajstić information content (AvgIpc) is 3.75. The predicted molar refractivity (Wildman–Crippen MR) is 197 cm³/mol. The van der Waals surface area contributed by atoms with Crippen molar-refractivity contribution in [3.8, 4) is 34.0 Å². The second kappa shape index (κ2) is 18.1. The highest BCUT2D eigenvalue weighted by molar-refractivity contribution is 6.38. The van der Waals surface area contributed by atoms with Crippen LogP contribution in [0.15, 0.2) is 60.9 Å². The zero-order chi connectivity index (χ0) is 38.8. The normalized spacial score (nSPS) is 18.5. The molecule has 6 rings (SSSR count). The molecular weight excluding hydrogens is 696 g/mol. The first-order chi connectivity index (χ1) is 25.9. The smallest absolute Gasteiger partial charge is 0.287 e. The van der Waals surface area contributed by atoms with Crippen LogP contribution in [0.5, 0.6) is 11.5 Å². The molecule has 1 unspecified atom stereocenters. The minimum absolute atomic E-state index is 0.314. The number of primary amides is 2. The van der Waals surface area contributed by atoms with Crippen molar-refractivity contribution in [3.05, 3.63) is 72.1 Å². The molecule has 3 atom stereocenters. The van der Waals surface area contributed by atoms with Gasteiger partial charge < -0.3 is 36.7 Å². The number of carbonyl (C=O) groups is 5. The largest absolute Gasteiger partial charge is 0.494 e. The summed E-state index contributed by atoms with van der Waals surface area (Å²) in [6.45, 7) is 1.10. The summed E-state index contributed by atoms with van der Waals surface area (Å²) in [5, 5.41) is 24.3. The van der Waals surface area contributed by atoms with Gasteiger partial charge in [0, 0.05) is 37.6 Å². The molecule has 2 aromatic carbocycles. The number of rotatable bonds is 4. The lowest BCUT2D eigenvalue weighted by Gasteiger charge is -2.22. The molecule has 0 spiro atoms. The Morgan fingerprint density at radius 2 is 1.26 bits per heavy atom. The van der Waals surface area contributed by atoms with Crippen LogP contribution in [-0.2, 0) is 28.5 Å². The first-order valence-electron chi connectivity index (χ1n) is 17.9. The van der Waals surface area contributed by atoms with E-state index in [1.54, 1.807) is 31.2 Å². The summed E-state index contributed by atoms with van der Waals surface area (Å²) in [7, 11) is 3.44. The number of aromatic nitrogens is 4. The third kappa shape index (κ3) is 10.1. The van der Waals surface area contributed by atoms with E-state index in [2.05, 4.69) is 20.8 Å². The molecule has 16 heteroatoms. The number of Topliss-reactive ketones (excluding diaryl/α,β-unsaturated/α-hetero) is 1. The Morgan fingerprint density at radius 3 is 1.76 bits per heavy atom. The molecule has 286 valence electrons. The van der Waals surface area contributed by atoms with Crippen LogP contribution in [0.1, 0.15) is 72.1 Å². The summed E-state index contributed by atoms with van der Waals surface area (Å²) in [4.78, 5) is 60.6. The van der Waals surface area contributed by atoms with E-state index < -0.39 is 47.6 Å². The minimum Gasteiger partial charge on any atom is -0.494 e. The summed E-state index contributed by atoms with van der Waals surface area (Å²) in [5.74, 6) is -2.15. The van der Waals surface area contributed by atoms with E-state index in [9.17, 15) is 29.1 Å². The lowest BCUT2D eigenvalue weighted by atomic mass is 10.0. The number of aliphatic hydroxyl groups is 1. The van der Waals surface area contributed by atoms with Gasteiger partial charge in [-0.05, 0) is 62.8 Å². The highest BCUT2D eigenvalue weighted by Gasteiger charge is 2.29. The van der Waals surface area contributed by atoms with E-state index >= 15 is 0 Å². The zero-order valence-corrected chi connectivity index (χ0v) is 30.3. The van der Waals surface area contributed by atoms with Gasteiger partial charge in [-0.2, -0.15) is 10.2 Å². The van der Waals surface area contributed by atoms with Crippen molar-refractivity contribution in [3.63, 3.8) is 0 Å². The summed E-state index contributed by atoms with van der Waals surface area (Å²) >= 11 is 0. The van der Waals surface area contributed by atoms with Crippen molar-refractivity contribution >= 4 is 29.4 Å². The van der Waals surface area contributed by atoms with Crippen molar-refractivity contribution in [1.29, 1.82) is 0 Å². The van der Waals surface area contributed by atoms with Crippen LogP contribution in [0.2, 0.25) is 0 Å². The van der Waals surface area contributed by atoms with Gasteiger partial charge in [-0.25, -0.2) is 0 Å². The lowest BCUT2D eigenvalue weighted by Crippen LogP contribution is -2.49. The number of ether oxygens (including phenoxy) is 2. The molecule has 2 aliphatic rings. The fraction of sp³-hybridized carbons (Fsp3) is 0.395. The summed E-state index contributed by atoms with van der Waals surface area (Å²) in [5.41, 5.74) is 13.5. The van der Waals surface area contributed by atoms with E-state index in [1.165, 1.54) is 4.68 Å². The number of benzene rings is 2. The number of nitrogens with two attached hydrogens (primary N) is 2. The summed E-state index contributed by atoms with van der Waals surface area (Å²) < 4.78 is 14.6. The van der Waals surface area contributed by atoms with Gasteiger partial charge in [0.15, 0.2) is 6.10 Å².